The van der Waals surface area contributed by atoms with E-state index >= 15 is 0 Å². The standard InChI is InChI=1S/C11H19N3O/c1-12-11(9-4-3-5-15-8-9)10-6-13-14(2)7-10/h6-7,9,11-12H,3-5,8H2,1-2H3. The summed E-state index contributed by atoms with van der Waals surface area (Å²) in [5.74, 6) is 0.577. The van der Waals surface area contributed by atoms with Gasteiger partial charge in [0.05, 0.1) is 12.8 Å². The van der Waals surface area contributed by atoms with Gasteiger partial charge in [0.25, 0.3) is 0 Å². The highest BCUT2D eigenvalue weighted by Gasteiger charge is 2.25. The molecule has 0 bridgehead atoms. The molecule has 1 N–H and O–H groups in total. The van der Waals surface area contributed by atoms with E-state index in [9.17, 15) is 0 Å². The quantitative estimate of drug-likeness (QED) is 0.810. The molecule has 4 nitrogen and oxygen atoms in total. The first-order valence-electron chi connectivity index (χ1n) is 5.55. The minimum absolute atomic E-state index is 0.374. The highest BCUT2D eigenvalue weighted by Crippen LogP contribution is 2.27. The molecule has 0 aliphatic carbocycles. The van der Waals surface area contributed by atoms with Crippen molar-refractivity contribution >= 4 is 0 Å². The molecular weight excluding hydrogens is 190 g/mol. The van der Waals surface area contributed by atoms with Crippen molar-refractivity contribution in [2.24, 2.45) is 13.0 Å². The lowest BCUT2D eigenvalue weighted by Crippen LogP contribution is -2.31. The van der Waals surface area contributed by atoms with Crippen LogP contribution in [0.15, 0.2) is 12.4 Å². The third-order valence-corrected chi connectivity index (χ3v) is 3.06. The van der Waals surface area contributed by atoms with Crippen LogP contribution in [0.1, 0.15) is 24.4 Å². The summed E-state index contributed by atoms with van der Waals surface area (Å²) in [5, 5.41) is 7.58. The Labute approximate surface area is 90.6 Å². The second-order valence-corrected chi connectivity index (χ2v) is 4.19. The summed E-state index contributed by atoms with van der Waals surface area (Å²) in [7, 11) is 3.96. The zero-order valence-electron chi connectivity index (χ0n) is 9.44. The molecule has 1 aromatic rings. The lowest BCUT2D eigenvalue weighted by Gasteiger charge is -2.29. The molecular formula is C11H19N3O. The average molecular weight is 209 g/mol. The maximum atomic E-state index is 5.53. The number of hydrogen-bond donors (Lipinski definition) is 1. The molecule has 0 saturated carbocycles. The van der Waals surface area contributed by atoms with Crippen LogP contribution in [0.4, 0.5) is 0 Å². The summed E-state index contributed by atoms with van der Waals surface area (Å²) >= 11 is 0. The summed E-state index contributed by atoms with van der Waals surface area (Å²) in [6.45, 7) is 1.78. The Hall–Kier alpha value is -0.870. The van der Waals surface area contributed by atoms with Gasteiger partial charge in [-0.1, -0.05) is 0 Å². The van der Waals surface area contributed by atoms with E-state index in [0.717, 1.165) is 13.2 Å². The van der Waals surface area contributed by atoms with Crippen molar-refractivity contribution < 1.29 is 4.74 Å². The minimum atomic E-state index is 0.374. The van der Waals surface area contributed by atoms with E-state index in [1.807, 2.05) is 25.0 Å². The summed E-state index contributed by atoms with van der Waals surface area (Å²) in [6.07, 6.45) is 6.43. The summed E-state index contributed by atoms with van der Waals surface area (Å²) in [6, 6.07) is 0.374. The van der Waals surface area contributed by atoms with Crippen molar-refractivity contribution in [3.05, 3.63) is 18.0 Å². The van der Waals surface area contributed by atoms with Crippen molar-refractivity contribution in [3.63, 3.8) is 0 Å². The van der Waals surface area contributed by atoms with Gasteiger partial charge < -0.3 is 10.1 Å². The van der Waals surface area contributed by atoms with Crippen LogP contribution in [0.5, 0.6) is 0 Å². The Morgan fingerprint density at radius 2 is 2.53 bits per heavy atom. The fraction of sp³-hybridized carbons (Fsp3) is 0.727. The van der Waals surface area contributed by atoms with Gasteiger partial charge in [0.2, 0.25) is 0 Å². The number of hydrogen-bond acceptors (Lipinski definition) is 3. The topological polar surface area (TPSA) is 39.1 Å². The summed E-state index contributed by atoms with van der Waals surface area (Å²) in [4.78, 5) is 0. The van der Waals surface area contributed by atoms with Gasteiger partial charge in [-0.05, 0) is 19.9 Å². The summed E-state index contributed by atoms with van der Waals surface area (Å²) in [5.41, 5.74) is 1.26. The van der Waals surface area contributed by atoms with Gasteiger partial charge in [-0.25, -0.2) is 0 Å². The molecule has 2 atom stereocenters. The van der Waals surface area contributed by atoms with E-state index in [1.54, 1.807) is 0 Å². The van der Waals surface area contributed by atoms with E-state index in [-0.39, 0.29) is 0 Å². The minimum Gasteiger partial charge on any atom is -0.381 e. The van der Waals surface area contributed by atoms with E-state index < -0.39 is 0 Å². The van der Waals surface area contributed by atoms with Crippen molar-refractivity contribution in [1.82, 2.24) is 15.1 Å². The van der Waals surface area contributed by atoms with Gasteiger partial charge in [0, 0.05) is 37.4 Å². The van der Waals surface area contributed by atoms with Gasteiger partial charge >= 0.3 is 0 Å². The Balaban J connectivity index is 2.08. The number of aryl methyl sites for hydroxylation is 1. The molecule has 0 aromatic carbocycles. The Kier molecular flexibility index (Phi) is 3.38. The average Bonchev–Trinajstić information content (AvgIpc) is 2.68. The maximum Gasteiger partial charge on any atom is 0.0537 e. The normalized spacial score (nSPS) is 24.0. The van der Waals surface area contributed by atoms with Gasteiger partial charge in [-0.15, -0.1) is 0 Å². The smallest absolute Gasteiger partial charge is 0.0537 e. The molecule has 1 aliphatic heterocycles. The molecule has 2 heterocycles. The fourth-order valence-electron chi connectivity index (χ4n) is 2.30. The van der Waals surface area contributed by atoms with E-state index in [0.29, 0.717) is 12.0 Å². The predicted molar refractivity (Wildman–Crippen MR) is 58.6 cm³/mol. The summed E-state index contributed by atoms with van der Waals surface area (Å²) < 4.78 is 7.38. The molecule has 84 valence electrons. The number of rotatable bonds is 3. The SMILES string of the molecule is CNC(c1cnn(C)c1)C1CCCOC1. The predicted octanol–water partition coefficient (Wildman–Crippen LogP) is 1.11. The zero-order valence-corrected chi connectivity index (χ0v) is 9.44. The highest BCUT2D eigenvalue weighted by atomic mass is 16.5. The maximum absolute atomic E-state index is 5.53. The first-order chi connectivity index (χ1) is 7.31. The largest absolute Gasteiger partial charge is 0.381 e. The third kappa shape index (κ3) is 2.38. The molecule has 2 unspecified atom stereocenters. The lowest BCUT2D eigenvalue weighted by atomic mass is 9.90. The molecule has 1 aromatic heterocycles. The van der Waals surface area contributed by atoms with Crippen molar-refractivity contribution in [3.8, 4) is 0 Å². The van der Waals surface area contributed by atoms with Crippen LogP contribution in [0.2, 0.25) is 0 Å². The number of aromatic nitrogens is 2. The molecule has 2 rings (SSSR count). The Morgan fingerprint density at radius 3 is 3.07 bits per heavy atom. The fourth-order valence-corrected chi connectivity index (χ4v) is 2.30. The highest BCUT2D eigenvalue weighted by molar-refractivity contribution is 5.11. The van der Waals surface area contributed by atoms with Crippen LogP contribution in [0.3, 0.4) is 0 Å². The molecule has 0 radical (unpaired) electrons. The van der Waals surface area contributed by atoms with E-state index in [4.69, 9.17) is 4.74 Å². The second kappa shape index (κ2) is 4.77. The van der Waals surface area contributed by atoms with E-state index in [1.165, 1.54) is 18.4 Å². The van der Waals surface area contributed by atoms with Crippen LogP contribution < -0.4 is 5.32 Å². The molecule has 0 amide bonds. The zero-order chi connectivity index (χ0) is 10.7. The number of nitrogens with one attached hydrogen (secondary N) is 1. The molecule has 0 spiro atoms. The monoisotopic (exact) mass is 209 g/mol. The van der Waals surface area contributed by atoms with Crippen LogP contribution in [-0.4, -0.2) is 30.0 Å². The van der Waals surface area contributed by atoms with Crippen LogP contribution in [0, 0.1) is 5.92 Å². The van der Waals surface area contributed by atoms with Crippen LogP contribution in [0.25, 0.3) is 0 Å². The lowest BCUT2D eigenvalue weighted by molar-refractivity contribution is 0.0402. The van der Waals surface area contributed by atoms with Crippen molar-refractivity contribution in [2.75, 3.05) is 20.3 Å². The first kappa shape index (κ1) is 10.6. The second-order valence-electron chi connectivity index (χ2n) is 4.19. The van der Waals surface area contributed by atoms with E-state index in [2.05, 4.69) is 16.6 Å². The number of ether oxygens (including phenoxy) is 1. The molecule has 15 heavy (non-hydrogen) atoms. The number of nitrogens with zero attached hydrogens (tertiary/aromatic N) is 2. The Bertz CT molecular complexity index is 305. The molecule has 1 aliphatic rings. The molecule has 1 fully saturated rings. The van der Waals surface area contributed by atoms with Crippen molar-refractivity contribution in [1.29, 1.82) is 0 Å². The van der Waals surface area contributed by atoms with Crippen LogP contribution >= 0.6 is 0 Å². The Morgan fingerprint density at radius 1 is 1.67 bits per heavy atom. The first-order valence-corrected chi connectivity index (χ1v) is 5.55. The van der Waals surface area contributed by atoms with Gasteiger partial charge in [-0.3, -0.25) is 4.68 Å². The van der Waals surface area contributed by atoms with Gasteiger partial charge in [-0.2, -0.15) is 5.10 Å². The van der Waals surface area contributed by atoms with Crippen molar-refractivity contribution in [2.45, 2.75) is 18.9 Å². The van der Waals surface area contributed by atoms with Crippen LogP contribution in [-0.2, 0) is 11.8 Å². The molecule has 4 heteroatoms. The molecule has 1 saturated heterocycles. The van der Waals surface area contributed by atoms with Gasteiger partial charge in [0.15, 0.2) is 0 Å². The van der Waals surface area contributed by atoms with Gasteiger partial charge in [0.1, 0.15) is 0 Å². The third-order valence-electron chi connectivity index (χ3n) is 3.06.